The van der Waals surface area contributed by atoms with E-state index in [0.717, 1.165) is 37.3 Å². The van der Waals surface area contributed by atoms with E-state index in [-0.39, 0.29) is 24.5 Å². The Morgan fingerprint density at radius 3 is 1.28 bits per heavy atom. The van der Waals surface area contributed by atoms with Crippen molar-refractivity contribution in [3.63, 3.8) is 0 Å². The molecule has 284 valence electrons. The van der Waals surface area contributed by atoms with Gasteiger partial charge in [0, 0.05) is 17.1 Å². The zero-order valence-electron chi connectivity index (χ0n) is 30.6. The number of carbonyl (C=O) groups is 2. The van der Waals surface area contributed by atoms with Crippen molar-refractivity contribution < 1.29 is 38.0 Å². The van der Waals surface area contributed by atoms with Crippen molar-refractivity contribution in [3.8, 4) is 64.4 Å². The zero-order valence-corrected chi connectivity index (χ0v) is 33.0. The molecule has 1 N–H and O–H groups in total. The minimum Gasteiger partial charge on any atom is -0.485 e. The fourth-order valence-corrected chi connectivity index (χ4v) is 11.0. The van der Waals surface area contributed by atoms with Crippen LogP contribution in [0.5, 0.6) is 34.5 Å². The lowest BCUT2D eigenvalue weighted by atomic mass is 10.1. The lowest BCUT2D eigenvalue weighted by molar-refractivity contribution is -0.123. The Morgan fingerprint density at radius 1 is 0.509 bits per heavy atom. The van der Waals surface area contributed by atoms with Crippen molar-refractivity contribution in [2.75, 3.05) is 44.5 Å². The number of carbonyl (C=O) groups excluding carboxylic acids is 2. The van der Waals surface area contributed by atoms with E-state index in [1.807, 2.05) is 0 Å². The first-order valence-electron chi connectivity index (χ1n) is 18.2. The highest BCUT2D eigenvalue weighted by atomic mass is 32.1. The molecule has 0 bridgehead atoms. The number of hydrogen-bond donors (Lipinski definition) is 1. The first kappa shape index (κ1) is 35.2. The summed E-state index contributed by atoms with van der Waals surface area (Å²) in [7, 11) is 0. The average Bonchev–Trinajstić information content (AvgIpc) is 3.99. The molecular formula is C43H31N3O8S3. The summed E-state index contributed by atoms with van der Waals surface area (Å²) in [6.07, 6.45) is 0. The van der Waals surface area contributed by atoms with Crippen molar-refractivity contribution in [2.24, 2.45) is 0 Å². The normalized spacial score (nSPS) is 15.4. The highest BCUT2D eigenvalue weighted by molar-refractivity contribution is 7.28. The summed E-state index contributed by atoms with van der Waals surface area (Å²) in [6, 6.07) is 25.5. The lowest BCUT2D eigenvalue weighted by Gasteiger charge is -2.26. The topological polar surface area (TPSA) is 109 Å². The van der Waals surface area contributed by atoms with Gasteiger partial charge in [0.1, 0.15) is 39.6 Å². The first-order valence-corrected chi connectivity index (χ1v) is 20.6. The Balaban J connectivity index is 1.08. The summed E-state index contributed by atoms with van der Waals surface area (Å²) in [5.74, 6) is 1.78. The number of benzene rings is 3. The summed E-state index contributed by atoms with van der Waals surface area (Å²) in [5.41, 5.74) is 6.20. The van der Waals surface area contributed by atoms with Crippen LogP contribution < -0.4 is 38.6 Å². The Morgan fingerprint density at radius 2 is 0.860 bits per heavy atom. The van der Waals surface area contributed by atoms with Gasteiger partial charge in [0.15, 0.2) is 34.5 Å². The van der Waals surface area contributed by atoms with Crippen molar-refractivity contribution in [3.05, 3.63) is 106 Å². The fourth-order valence-electron chi connectivity index (χ4n) is 7.16. The van der Waals surface area contributed by atoms with E-state index in [9.17, 15) is 9.59 Å². The summed E-state index contributed by atoms with van der Waals surface area (Å²) in [5, 5.41) is 2.25. The van der Waals surface area contributed by atoms with Crippen LogP contribution in [0, 0.1) is 20.4 Å². The van der Waals surface area contributed by atoms with Gasteiger partial charge in [0.05, 0.1) is 41.4 Å². The number of rotatable bonds is 7. The Labute approximate surface area is 339 Å². The highest BCUT2D eigenvalue weighted by Gasteiger charge is 2.40. The quantitative estimate of drug-likeness (QED) is 0.125. The molecule has 4 aliphatic rings. The third-order valence-electron chi connectivity index (χ3n) is 9.83. The van der Waals surface area contributed by atoms with Gasteiger partial charge in [-0.2, -0.15) is 0 Å². The molecule has 4 aliphatic heterocycles. The van der Waals surface area contributed by atoms with Crippen LogP contribution in [-0.2, 0) is 9.59 Å². The van der Waals surface area contributed by atoms with Crippen molar-refractivity contribution in [1.29, 1.82) is 0 Å². The minimum absolute atomic E-state index is 0.0230. The van der Waals surface area contributed by atoms with E-state index in [4.69, 9.17) is 35.0 Å². The Kier molecular flexibility index (Phi) is 8.66. The highest BCUT2D eigenvalue weighted by Crippen LogP contribution is 2.64. The number of amides is 2. The van der Waals surface area contributed by atoms with Gasteiger partial charge in [-0.05, 0) is 55.8 Å². The number of imide groups is 1. The van der Waals surface area contributed by atoms with Crippen molar-refractivity contribution >= 4 is 68.5 Å². The predicted octanol–water partition coefficient (Wildman–Crippen LogP) is 9.56. The van der Waals surface area contributed by atoms with E-state index in [2.05, 4.69) is 102 Å². The number of nitrogens with zero attached hydrogens (tertiary/aromatic N) is 2. The number of ether oxygens (including phenoxy) is 6. The second-order valence-corrected chi connectivity index (χ2v) is 16.6. The van der Waals surface area contributed by atoms with Crippen LogP contribution in [0.3, 0.4) is 0 Å². The molecule has 0 radical (unpaired) electrons. The largest absolute Gasteiger partial charge is 0.485 e. The molecule has 0 atom stereocenters. The van der Waals surface area contributed by atoms with Crippen LogP contribution >= 0.6 is 34.0 Å². The second-order valence-electron chi connectivity index (χ2n) is 13.5. The monoisotopic (exact) mass is 813 g/mol. The van der Waals surface area contributed by atoms with Crippen molar-refractivity contribution in [1.82, 2.24) is 5.32 Å². The Bertz CT molecular complexity index is 2640. The van der Waals surface area contributed by atoms with E-state index in [1.165, 1.54) is 33.8 Å². The van der Waals surface area contributed by atoms with Crippen LogP contribution in [0.1, 0.15) is 16.0 Å². The molecule has 0 aliphatic carbocycles. The molecule has 11 nitrogen and oxygen atoms in total. The zero-order chi connectivity index (χ0) is 38.8. The predicted molar refractivity (Wildman–Crippen MR) is 220 cm³/mol. The number of hydrogen-bond acceptors (Lipinski definition) is 12. The van der Waals surface area contributed by atoms with E-state index in [1.54, 1.807) is 11.3 Å². The first-order chi connectivity index (χ1) is 27.9. The van der Waals surface area contributed by atoms with Crippen LogP contribution in [0.4, 0.5) is 17.1 Å². The third kappa shape index (κ3) is 5.89. The summed E-state index contributed by atoms with van der Waals surface area (Å²) >= 11 is 4.23. The lowest BCUT2D eigenvalue weighted by Crippen LogP contribution is -2.22. The van der Waals surface area contributed by atoms with Gasteiger partial charge in [0.25, 0.3) is 11.6 Å². The summed E-state index contributed by atoms with van der Waals surface area (Å²) in [4.78, 5) is 35.3. The molecule has 7 heterocycles. The molecule has 10 rings (SSSR count). The molecule has 2 amide bonds. The minimum atomic E-state index is -0.733. The second kappa shape index (κ2) is 14.0. The summed E-state index contributed by atoms with van der Waals surface area (Å²) < 4.78 is 37.5. The number of aryl methyl sites for hydroxylation is 2. The van der Waals surface area contributed by atoms with E-state index < -0.39 is 11.8 Å². The molecule has 57 heavy (non-hydrogen) atoms. The number of nitrogens with one attached hydrogen (secondary N) is 1. The molecular weight excluding hydrogens is 783 g/mol. The SMILES string of the molecule is [C-]#[N+]C1=C(c2sc(-c3sc(-c4sc(-c5ccc(N(c6ccc(C)cc6)c6ccc(C)cc6)cc5)c5c4OCCO5)c4c3OCCO4)c3c2OCCO3)C(=O)NC1=O. The van der Waals surface area contributed by atoms with Crippen LogP contribution in [-0.4, -0.2) is 51.5 Å². The number of fused-ring (bicyclic) bond motifs is 3. The smallest absolute Gasteiger partial charge is 0.264 e. The number of anilines is 3. The van der Waals surface area contributed by atoms with Crippen LogP contribution in [0.15, 0.2) is 78.5 Å². The average molecular weight is 814 g/mol. The Hall–Kier alpha value is -6.27. The molecule has 0 fully saturated rings. The molecule has 0 unspecified atom stereocenters. The van der Waals surface area contributed by atoms with Crippen LogP contribution in [0.25, 0.3) is 40.4 Å². The molecule has 3 aromatic heterocycles. The standard InChI is InChI=1S/C43H31N3O8S3/c1-22-4-10-25(11-5-22)46(26-12-6-23(2)7-13-26)27-14-8-24(9-15-27)36-30-32(51-18-16-49-30)38(55-36)40-34-35(54-21-20-53-34)41(57-40)39-33-31(50-17-19-52-33)37(56-39)28-29(44-3)43(48)45-42(28)47/h4-15H,16-21H2,1-2H3,(H,45,47,48). The molecule has 0 saturated heterocycles. The maximum Gasteiger partial charge on any atom is 0.264 e. The van der Waals surface area contributed by atoms with Gasteiger partial charge in [-0.3, -0.25) is 14.9 Å². The summed E-state index contributed by atoms with van der Waals surface area (Å²) in [6.45, 7) is 13.8. The molecule has 14 heteroatoms. The van der Waals surface area contributed by atoms with Gasteiger partial charge in [0.2, 0.25) is 5.91 Å². The van der Waals surface area contributed by atoms with Gasteiger partial charge in [-0.25, -0.2) is 4.85 Å². The van der Waals surface area contributed by atoms with Gasteiger partial charge in [-0.1, -0.05) is 47.5 Å². The molecule has 0 spiro atoms. The molecule has 0 saturated carbocycles. The third-order valence-corrected chi connectivity index (χ3v) is 13.7. The molecule has 3 aromatic carbocycles. The number of thiophene rings is 3. The van der Waals surface area contributed by atoms with E-state index in [0.29, 0.717) is 75.6 Å². The van der Waals surface area contributed by atoms with Gasteiger partial charge >= 0.3 is 0 Å². The fraction of sp³-hybridized carbons (Fsp3) is 0.186. The van der Waals surface area contributed by atoms with Crippen LogP contribution in [0.2, 0.25) is 0 Å². The maximum atomic E-state index is 13.0. The molecule has 6 aromatic rings. The van der Waals surface area contributed by atoms with Gasteiger partial charge in [-0.15, -0.1) is 34.0 Å². The maximum absolute atomic E-state index is 13.0. The van der Waals surface area contributed by atoms with E-state index >= 15 is 0 Å². The van der Waals surface area contributed by atoms with Crippen molar-refractivity contribution in [2.45, 2.75) is 13.8 Å². The van der Waals surface area contributed by atoms with Gasteiger partial charge < -0.3 is 33.3 Å².